The highest BCUT2D eigenvalue weighted by atomic mass is 16.5. The molecule has 1 saturated heterocycles. The molecular weight excluding hydrogens is 198 g/mol. The maximum absolute atomic E-state index is 5.86. The van der Waals surface area contributed by atoms with Crippen LogP contribution in [0, 0.1) is 5.92 Å². The molecule has 1 aliphatic heterocycles. The summed E-state index contributed by atoms with van der Waals surface area (Å²) >= 11 is 0. The summed E-state index contributed by atoms with van der Waals surface area (Å²) < 4.78 is 5.86. The number of nitrogens with one attached hydrogen (secondary N) is 1. The largest absolute Gasteiger partial charge is 0.377 e. The van der Waals surface area contributed by atoms with E-state index in [0.717, 1.165) is 19.1 Å². The Bertz CT molecular complexity index is 183. The molecule has 2 atom stereocenters. The molecule has 0 aromatic heterocycles. The van der Waals surface area contributed by atoms with Crippen LogP contribution in [0.4, 0.5) is 0 Å². The second kappa shape index (κ2) is 6.61. The van der Waals surface area contributed by atoms with Crippen molar-refractivity contribution in [1.82, 2.24) is 5.32 Å². The lowest BCUT2D eigenvalue weighted by Gasteiger charge is -2.26. The summed E-state index contributed by atoms with van der Waals surface area (Å²) in [4.78, 5) is 0. The van der Waals surface area contributed by atoms with E-state index in [2.05, 4.69) is 12.2 Å². The molecule has 1 heterocycles. The molecule has 2 heteroatoms. The second-order valence-corrected chi connectivity index (χ2v) is 5.50. The molecule has 2 unspecified atom stereocenters. The Labute approximate surface area is 100 Å². The molecule has 2 rings (SSSR count). The molecule has 2 aliphatic rings. The van der Waals surface area contributed by atoms with Crippen molar-refractivity contribution < 1.29 is 4.74 Å². The Morgan fingerprint density at radius 3 is 2.62 bits per heavy atom. The highest BCUT2D eigenvalue weighted by Crippen LogP contribution is 2.31. The van der Waals surface area contributed by atoms with Crippen LogP contribution < -0.4 is 5.32 Å². The first-order chi connectivity index (χ1) is 7.90. The molecule has 2 nitrogen and oxygen atoms in total. The van der Waals surface area contributed by atoms with Crippen molar-refractivity contribution in [3.63, 3.8) is 0 Å². The molecule has 0 radical (unpaired) electrons. The van der Waals surface area contributed by atoms with Crippen molar-refractivity contribution >= 4 is 0 Å². The highest BCUT2D eigenvalue weighted by molar-refractivity contribution is 4.84. The fourth-order valence-electron chi connectivity index (χ4n) is 3.22. The minimum Gasteiger partial charge on any atom is -0.377 e. The first-order valence-electron chi connectivity index (χ1n) is 7.25. The van der Waals surface area contributed by atoms with E-state index in [9.17, 15) is 0 Å². The van der Waals surface area contributed by atoms with Gasteiger partial charge in [0.05, 0.1) is 6.10 Å². The van der Waals surface area contributed by atoms with Gasteiger partial charge in [-0.25, -0.2) is 0 Å². The molecule has 0 aromatic carbocycles. The lowest BCUT2D eigenvalue weighted by Crippen LogP contribution is -2.41. The van der Waals surface area contributed by atoms with Gasteiger partial charge in [-0.1, -0.05) is 32.6 Å². The number of hydrogen-bond acceptors (Lipinski definition) is 2. The van der Waals surface area contributed by atoms with E-state index in [0.29, 0.717) is 12.1 Å². The van der Waals surface area contributed by atoms with Gasteiger partial charge in [-0.05, 0) is 38.1 Å². The van der Waals surface area contributed by atoms with Crippen LogP contribution in [-0.4, -0.2) is 25.3 Å². The lowest BCUT2D eigenvalue weighted by atomic mass is 9.94. The smallest absolute Gasteiger partial charge is 0.0728 e. The van der Waals surface area contributed by atoms with Crippen LogP contribution >= 0.6 is 0 Å². The Hall–Kier alpha value is -0.0800. The SMILES string of the molecule is CCCNC(CC1CCCC1)C1CCCO1. The molecule has 1 saturated carbocycles. The predicted molar refractivity (Wildman–Crippen MR) is 67.6 cm³/mol. The number of ether oxygens (including phenoxy) is 1. The van der Waals surface area contributed by atoms with Crippen LogP contribution in [0.25, 0.3) is 0 Å². The van der Waals surface area contributed by atoms with E-state index >= 15 is 0 Å². The van der Waals surface area contributed by atoms with Gasteiger partial charge in [0.15, 0.2) is 0 Å². The minimum atomic E-state index is 0.507. The van der Waals surface area contributed by atoms with Crippen molar-refractivity contribution in [2.75, 3.05) is 13.2 Å². The fraction of sp³-hybridized carbons (Fsp3) is 1.00. The molecule has 0 bridgehead atoms. The van der Waals surface area contributed by atoms with E-state index in [1.807, 2.05) is 0 Å². The van der Waals surface area contributed by atoms with Crippen molar-refractivity contribution in [2.24, 2.45) is 5.92 Å². The topological polar surface area (TPSA) is 21.3 Å². The van der Waals surface area contributed by atoms with Crippen molar-refractivity contribution in [1.29, 1.82) is 0 Å². The zero-order valence-electron chi connectivity index (χ0n) is 10.7. The molecule has 1 N–H and O–H groups in total. The van der Waals surface area contributed by atoms with E-state index in [4.69, 9.17) is 4.74 Å². The highest BCUT2D eigenvalue weighted by Gasteiger charge is 2.28. The first kappa shape index (κ1) is 12.4. The first-order valence-corrected chi connectivity index (χ1v) is 7.25. The summed E-state index contributed by atoms with van der Waals surface area (Å²) in [6, 6.07) is 0.630. The minimum absolute atomic E-state index is 0.507. The molecular formula is C14H27NO. The van der Waals surface area contributed by atoms with Gasteiger partial charge >= 0.3 is 0 Å². The molecule has 2 fully saturated rings. The second-order valence-electron chi connectivity index (χ2n) is 5.50. The molecule has 0 amide bonds. The van der Waals surface area contributed by atoms with Crippen LogP contribution in [0.5, 0.6) is 0 Å². The molecule has 0 spiro atoms. The number of hydrogen-bond donors (Lipinski definition) is 1. The van der Waals surface area contributed by atoms with Gasteiger partial charge in [-0.3, -0.25) is 0 Å². The normalized spacial score (nSPS) is 28.7. The third kappa shape index (κ3) is 3.46. The average Bonchev–Trinajstić information content (AvgIpc) is 2.96. The van der Waals surface area contributed by atoms with E-state index < -0.39 is 0 Å². The van der Waals surface area contributed by atoms with E-state index in [-0.39, 0.29) is 0 Å². The third-order valence-corrected chi connectivity index (χ3v) is 4.13. The van der Waals surface area contributed by atoms with Gasteiger partial charge in [0.2, 0.25) is 0 Å². The summed E-state index contributed by atoms with van der Waals surface area (Å²) in [6.45, 7) is 4.38. The van der Waals surface area contributed by atoms with Crippen LogP contribution in [0.3, 0.4) is 0 Å². The van der Waals surface area contributed by atoms with Gasteiger partial charge in [-0.2, -0.15) is 0 Å². The van der Waals surface area contributed by atoms with Crippen LogP contribution in [0.15, 0.2) is 0 Å². The van der Waals surface area contributed by atoms with Gasteiger partial charge in [0.25, 0.3) is 0 Å². The van der Waals surface area contributed by atoms with Crippen LogP contribution in [0.1, 0.15) is 58.3 Å². The number of rotatable bonds is 6. The predicted octanol–water partition coefficient (Wildman–Crippen LogP) is 3.11. The molecule has 94 valence electrons. The Balaban J connectivity index is 1.80. The Morgan fingerprint density at radius 2 is 2.00 bits per heavy atom. The molecule has 16 heavy (non-hydrogen) atoms. The lowest BCUT2D eigenvalue weighted by molar-refractivity contribution is 0.0700. The maximum atomic E-state index is 5.86. The van der Waals surface area contributed by atoms with Gasteiger partial charge in [0, 0.05) is 12.6 Å². The standard InChI is InChI=1S/C14H27NO/c1-2-9-15-13(14-8-5-10-16-14)11-12-6-3-4-7-12/h12-15H,2-11H2,1H3. The van der Waals surface area contributed by atoms with Crippen molar-refractivity contribution in [3.05, 3.63) is 0 Å². The monoisotopic (exact) mass is 225 g/mol. The zero-order chi connectivity index (χ0) is 11.2. The fourth-order valence-corrected chi connectivity index (χ4v) is 3.22. The van der Waals surface area contributed by atoms with Gasteiger partial charge in [0.1, 0.15) is 0 Å². The van der Waals surface area contributed by atoms with Gasteiger partial charge in [-0.15, -0.1) is 0 Å². The Morgan fingerprint density at radius 1 is 1.19 bits per heavy atom. The van der Waals surface area contributed by atoms with Crippen molar-refractivity contribution in [3.8, 4) is 0 Å². The summed E-state index contributed by atoms with van der Waals surface area (Å²) in [7, 11) is 0. The summed E-state index contributed by atoms with van der Waals surface area (Å²) in [6.07, 6.45) is 11.4. The zero-order valence-corrected chi connectivity index (χ0v) is 10.7. The van der Waals surface area contributed by atoms with E-state index in [1.54, 1.807) is 0 Å². The summed E-state index contributed by atoms with van der Waals surface area (Å²) in [5.74, 6) is 0.971. The van der Waals surface area contributed by atoms with E-state index in [1.165, 1.54) is 51.4 Å². The van der Waals surface area contributed by atoms with Crippen molar-refractivity contribution in [2.45, 2.75) is 70.4 Å². The van der Waals surface area contributed by atoms with Crippen LogP contribution in [0.2, 0.25) is 0 Å². The summed E-state index contributed by atoms with van der Waals surface area (Å²) in [5.41, 5.74) is 0. The van der Waals surface area contributed by atoms with Gasteiger partial charge < -0.3 is 10.1 Å². The summed E-state index contributed by atoms with van der Waals surface area (Å²) in [5, 5.41) is 3.71. The maximum Gasteiger partial charge on any atom is 0.0728 e. The third-order valence-electron chi connectivity index (χ3n) is 4.13. The average molecular weight is 225 g/mol. The van der Waals surface area contributed by atoms with Crippen LogP contribution in [-0.2, 0) is 4.74 Å². The molecule has 1 aliphatic carbocycles. The Kier molecular flexibility index (Phi) is 5.11. The quantitative estimate of drug-likeness (QED) is 0.750. The molecule has 0 aromatic rings.